The predicted octanol–water partition coefficient (Wildman–Crippen LogP) is 1.35. The molecule has 4 N–H and O–H groups in total. The lowest BCUT2D eigenvalue weighted by atomic mass is 10.0. The molecule has 0 aliphatic heterocycles. The molecule has 4 nitrogen and oxygen atoms in total. The number of nitrogens with two attached hydrogens (primary N) is 1. The Morgan fingerprint density at radius 1 is 1.54 bits per heavy atom. The van der Waals surface area contributed by atoms with E-state index in [4.69, 9.17) is 5.84 Å². The van der Waals surface area contributed by atoms with E-state index in [0.29, 0.717) is 5.92 Å². The van der Waals surface area contributed by atoms with E-state index in [1.807, 2.05) is 6.20 Å². The number of nitrogens with one attached hydrogen (secondary N) is 2. The van der Waals surface area contributed by atoms with E-state index in [1.165, 1.54) is 0 Å². The molecule has 13 heavy (non-hydrogen) atoms. The molecule has 0 bridgehead atoms. The lowest BCUT2D eigenvalue weighted by Gasteiger charge is -2.14. The SMILES string of the molecule is CC(C)CCC(NN)c1ncc[nH]1. The van der Waals surface area contributed by atoms with E-state index in [1.54, 1.807) is 6.20 Å². The first kappa shape index (κ1) is 10.2. The van der Waals surface area contributed by atoms with Gasteiger partial charge in [0.15, 0.2) is 0 Å². The number of aromatic nitrogens is 2. The molecule has 0 saturated heterocycles. The molecule has 4 heteroatoms. The quantitative estimate of drug-likeness (QED) is 0.475. The molecule has 0 aromatic carbocycles. The summed E-state index contributed by atoms with van der Waals surface area (Å²) >= 11 is 0. The first-order valence-electron chi connectivity index (χ1n) is 4.69. The third-order valence-corrected chi connectivity index (χ3v) is 2.08. The molecule has 0 aliphatic carbocycles. The molecule has 1 unspecified atom stereocenters. The monoisotopic (exact) mass is 182 g/mol. The molecule has 0 fully saturated rings. The lowest BCUT2D eigenvalue weighted by molar-refractivity contribution is 0.435. The van der Waals surface area contributed by atoms with Crippen LogP contribution in [0.15, 0.2) is 12.4 Å². The van der Waals surface area contributed by atoms with Gasteiger partial charge < -0.3 is 4.98 Å². The molecule has 1 atom stereocenters. The highest BCUT2D eigenvalue weighted by Crippen LogP contribution is 2.16. The van der Waals surface area contributed by atoms with Gasteiger partial charge in [-0.05, 0) is 18.8 Å². The van der Waals surface area contributed by atoms with E-state index in [-0.39, 0.29) is 6.04 Å². The molecule has 1 rings (SSSR count). The number of H-pyrrole nitrogens is 1. The van der Waals surface area contributed by atoms with Crippen molar-refractivity contribution >= 4 is 0 Å². The van der Waals surface area contributed by atoms with E-state index in [2.05, 4.69) is 29.2 Å². The number of aromatic amines is 1. The van der Waals surface area contributed by atoms with Crippen LogP contribution in [0.2, 0.25) is 0 Å². The van der Waals surface area contributed by atoms with Gasteiger partial charge in [-0.1, -0.05) is 13.8 Å². The van der Waals surface area contributed by atoms with Crippen LogP contribution < -0.4 is 11.3 Å². The zero-order chi connectivity index (χ0) is 9.68. The topological polar surface area (TPSA) is 66.7 Å². The second kappa shape index (κ2) is 4.99. The van der Waals surface area contributed by atoms with Crippen LogP contribution in [0.1, 0.15) is 38.6 Å². The Labute approximate surface area is 78.9 Å². The van der Waals surface area contributed by atoms with E-state index < -0.39 is 0 Å². The molecule has 1 aromatic rings. The Bertz CT molecular complexity index is 218. The van der Waals surface area contributed by atoms with Gasteiger partial charge in [-0.3, -0.25) is 5.84 Å². The summed E-state index contributed by atoms with van der Waals surface area (Å²) in [4.78, 5) is 7.23. The smallest absolute Gasteiger partial charge is 0.124 e. The van der Waals surface area contributed by atoms with Crippen molar-refractivity contribution in [1.29, 1.82) is 0 Å². The molecular formula is C9H18N4. The van der Waals surface area contributed by atoms with Gasteiger partial charge in [-0.25, -0.2) is 10.4 Å². The minimum absolute atomic E-state index is 0.150. The van der Waals surface area contributed by atoms with Gasteiger partial charge in [-0.15, -0.1) is 0 Å². The first-order chi connectivity index (χ1) is 6.24. The summed E-state index contributed by atoms with van der Waals surface area (Å²) in [6.45, 7) is 4.41. The van der Waals surface area contributed by atoms with Gasteiger partial charge in [0.1, 0.15) is 5.82 Å². The molecular weight excluding hydrogens is 164 g/mol. The van der Waals surface area contributed by atoms with Crippen molar-refractivity contribution in [3.63, 3.8) is 0 Å². The largest absolute Gasteiger partial charge is 0.347 e. The number of imidazole rings is 1. The van der Waals surface area contributed by atoms with Gasteiger partial charge in [-0.2, -0.15) is 0 Å². The Morgan fingerprint density at radius 3 is 2.77 bits per heavy atom. The number of hydrogen-bond acceptors (Lipinski definition) is 3. The summed E-state index contributed by atoms with van der Waals surface area (Å²) in [5, 5.41) is 0. The van der Waals surface area contributed by atoms with Crippen molar-refractivity contribution in [3.8, 4) is 0 Å². The van der Waals surface area contributed by atoms with Crippen molar-refractivity contribution < 1.29 is 0 Å². The van der Waals surface area contributed by atoms with Crippen LogP contribution in [-0.2, 0) is 0 Å². The number of rotatable bonds is 5. The molecule has 0 radical (unpaired) electrons. The summed E-state index contributed by atoms with van der Waals surface area (Å²) in [5.74, 6) is 7.06. The fraction of sp³-hybridized carbons (Fsp3) is 0.667. The van der Waals surface area contributed by atoms with Crippen LogP contribution in [0.3, 0.4) is 0 Å². The third kappa shape index (κ3) is 3.16. The maximum Gasteiger partial charge on any atom is 0.124 e. The highest BCUT2D eigenvalue weighted by Gasteiger charge is 2.11. The van der Waals surface area contributed by atoms with E-state index >= 15 is 0 Å². The van der Waals surface area contributed by atoms with Gasteiger partial charge in [0.05, 0.1) is 6.04 Å². The van der Waals surface area contributed by atoms with E-state index in [0.717, 1.165) is 18.7 Å². The molecule has 0 spiro atoms. The minimum Gasteiger partial charge on any atom is -0.347 e. The maximum absolute atomic E-state index is 5.44. The molecule has 1 heterocycles. The highest BCUT2D eigenvalue weighted by atomic mass is 15.2. The Morgan fingerprint density at radius 2 is 2.31 bits per heavy atom. The number of hydrazine groups is 1. The van der Waals surface area contributed by atoms with Crippen molar-refractivity contribution in [1.82, 2.24) is 15.4 Å². The van der Waals surface area contributed by atoms with Crippen LogP contribution in [0.5, 0.6) is 0 Å². The summed E-state index contributed by atoms with van der Waals surface area (Å²) in [6.07, 6.45) is 5.72. The fourth-order valence-electron chi connectivity index (χ4n) is 1.27. The zero-order valence-electron chi connectivity index (χ0n) is 8.25. The number of hydrogen-bond donors (Lipinski definition) is 3. The Kier molecular flexibility index (Phi) is 3.92. The van der Waals surface area contributed by atoms with Gasteiger partial charge in [0, 0.05) is 12.4 Å². The predicted molar refractivity (Wildman–Crippen MR) is 52.7 cm³/mol. The number of nitrogens with zero attached hydrogens (tertiary/aromatic N) is 1. The van der Waals surface area contributed by atoms with Crippen molar-refractivity contribution in [2.45, 2.75) is 32.7 Å². The van der Waals surface area contributed by atoms with Crippen molar-refractivity contribution in [2.24, 2.45) is 11.8 Å². The highest BCUT2D eigenvalue weighted by molar-refractivity contribution is 4.94. The Hall–Kier alpha value is -0.870. The van der Waals surface area contributed by atoms with Gasteiger partial charge in [0.25, 0.3) is 0 Å². The average molecular weight is 182 g/mol. The first-order valence-corrected chi connectivity index (χ1v) is 4.69. The standard InChI is InChI=1S/C9H18N4/c1-7(2)3-4-8(13-10)9-11-5-6-12-9/h5-8,13H,3-4,10H2,1-2H3,(H,11,12). The van der Waals surface area contributed by atoms with Crippen LogP contribution in [-0.4, -0.2) is 9.97 Å². The molecule has 1 aromatic heterocycles. The van der Waals surface area contributed by atoms with Crippen LogP contribution in [0.4, 0.5) is 0 Å². The maximum atomic E-state index is 5.44. The molecule has 0 aliphatic rings. The van der Waals surface area contributed by atoms with Crippen molar-refractivity contribution in [3.05, 3.63) is 18.2 Å². The Balaban J connectivity index is 2.44. The molecule has 0 saturated carbocycles. The summed E-state index contributed by atoms with van der Waals surface area (Å²) < 4.78 is 0. The van der Waals surface area contributed by atoms with E-state index in [9.17, 15) is 0 Å². The van der Waals surface area contributed by atoms with Crippen molar-refractivity contribution in [2.75, 3.05) is 0 Å². The lowest BCUT2D eigenvalue weighted by Crippen LogP contribution is -2.29. The molecule has 0 amide bonds. The summed E-state index contributed by atoms with van der Waals surface area (Å²) in [7, 11) is 0. The van der Waals surface area contributed by atoms with Crippen LogP contribution in [0, 0.1) is 5.92 Å². The second-order valence-corrected chi connectivity index (χ2v) is 3.66. The summed E-state index contributed by atoms with van der Waals surface area (Å²) in [6, 6.07) is 0.150. The zero-order valence-corrected chi connectivity index (χ0v) is 8.25. The fourth-order valence-corrected chi connectivity index (χ4v) is 1.27. The van der Waals surface area contributed by atoms with Crippen LogP contribution >= 0.6 is 0 Å². The molecule has 74 valence electrons. The second-order valence-electron chi connectivity index (χ2n) is 3.66. The average Bonchev–Trinajstić information content (AvgIpc) is 2.58. The van der Waals surface area contributed by atoms with Gasteiger partial charge in [0.2, 0.25) is 0 Å². The van der Waals surface area contributed by atoms with Gasteiger partial charge >= 0.3 is 0 Å². The normalized spacial score (nSPS) is 13.5. The minimum atomic E-state index is 0.150. The van der Waals surface area contributed by atoms with Crippen LogP contribution in [0.25, 0.3) is 0 Å². The summed E-state index contributed by atoms with van der Waals surface area (Å²) in [5.41, 5.74) is 2.77. The third-order valence-electron chi connectivity index (χ3n) is 2.08.